The van der Waals surface area contributed by atoms with E-state index in [1.54, 1.807) is 12.1 Å². The van der Waals surface area contributed by atoms with Gasteiger partial charge in [-0.2, -0.15) is 0 Å². The smallest absolute Gasteiger partial charge is 0.313 e. The van der Waals surface area contributed by atoms with E-state index in [4.69, 9.17) is 9.84 Å². The fourth-order valence-corrected chi connectivity index (χ4v) is 5.90. The highest BCUT2D eigenvalue weighted by molar-refractivity contribution is 7.99. The molecule has 1 amide bonds. The third-order valence-corrected chi connectivity index (χ3v) is 7.76. The number of fused-ring (bicyclic) bond motifs is 2. The van der Waals surface area contributed by atoms with E-state index in [0.29, 0.717) is 27.4 Å². The van der Waals surface area contributed by atoms with Gasteiger partial charge in [0.1, 0.15) is 5.75 Å². The number of carboxylic acid groups (broad SMARTS) is 1. The van der Waals surface area contributed by atoms with Crippen molar-refractivity contribution in [3.63, 3.8) is 0 Å². The molecular weight excluding hydrogens is 534 g/mol. The van der Waals surface area contributed by atoms with Crippen LogP contribution in [0.1, 0.15) is 21.5 Å². The molecule has 0 saturated carbocycles. The Morgan fingerprint density at radius 2 is 1.95 bits per heavy atom. The second kappa shape index (κ2) is 11.0. The van der Waals surface area contributed by atoms with Gasteiger partial charge in [-0.3, -0.25) is 19.6 Å². The van der Waals surface area contributed by atoms with Crippen LogP contribution in [0.4, 0.5) is 10.8 Å². The Bertz CT molecular complexity index is 1620. The SMILES string of the molecule is Cc1ccc2nc(NC(=O)c3cc(OCCSCC(=O)O)c4c(C)cccc4c3NS(C)(=O)=O)sc2c1. The van der Waals surface area contributed by atoms with Crippen LogP contribution in [0.3, 0.4) is 0 Å². The summed E-state index contributed by atoms with van der Waals surface area (Å²) in [5, 5.41) is 13.2. The lowest BCUT2D eigenvalue weighted by molar-refractivity contribution is -0.133. The number of aryl methyl sites for hydroxylation is 2. The van der Waals surface area contributed by atoms with Crippen molar-refractivity contribution in [1.29, 1.82) is 0 Å². The second-order valence-corrected chi connectivity index (χ2v) is 12.3. The number of carbonyl (C=O) groups excluding carboxylic acids is 1. The highest BCUT2D eigenvalue weighted by Crippen LogP contribution is 2.38. The fraction of sp³-hybridized carbons (Fsp3) is 0.240. The van der Waals surface area contributed by atoms with Gasteiger partial charge in [0.15, 0.2) is 5.13 Å². The number of thiazole rings is 1. The molecule has 9 nitrogen and oxygen atoms in total. The zero-order chi connectivity index (χ0) is 26.7. The van der Waals surface area contributed by atoms with Gasteiger partial charge >= 0.3 is 5.97 Å². The van der Waals surface area contributed by atoms with E-state index >= 15 is 0 Å². The van der Waals surface area contributed by atoms with Crippen LogP contribution in [0, 0.1) is 13.8 Å². The van der Waals surface area contributed by atoms with Gasteiger partial charge in [0.2, 0.25) is 10.0 Å². The monoisotopic (exact) mass is 559 g/mol. The predicted octanol–water partition coefficient (Wildman–Crippen LogP) is 4.89. The van der Waals surface area contributed by atoms with Crippen LogP contribution < -0.4 is 14.8 Å². The molecule has 0 atom stereocenters. The summed E-state index contributed by atoms with van der Waals surface area (Å²) >= 11 is 2.54. The van der Waals surface area contributed by atoms with E-state index < -0.39 is 21.9 Å². The number of rotatable bonds is 10. The minimum absolute atomic E-state index is 0.0459. The first-order valence-electron chi connectivity index (χ1n) is 11.2. The van der Waals surface area contributed by atoms with E-state index in [9.17, 15) is 18.0 Å². The summed E-state index contributed by atoms with van der Waals surface area (Å²) in [6, 6.07) is 12.7. The number of sulfonamides is 1. The molecule has 3 N–H and O–H groups in total. The molecule has 4 rings (SSSR count). The topological polar surface area (TPSA) is 135 Å². The molecule has 194 valence electrons. The number of aliphatic carboxylic acids is 1. The fourth-order valence-electron chi connectivity index (χ4n) is 3.83. The molecule has 0 radical (unpaired) electrons. The van der Waals surface area contributed by atoms with E-state index in [1.165, 1.54) is 29.2 Å². The van der Waals surface area contributed by atoms with Gasteiger partial charge in [0.25, 0.3) is 5.91 Å². The van der Waals surface area contributed by atoms with Gasteiger partial charge < -0.3 is 9.84 Å². The standard InChI is InChI=1S/C25H25N3O6S3/c1-14-7-8-18-20(11-14)36-25(26-18)27-24(31)17-12-19(34-9-10-35-13-21(29)30)22-15(2)5-4-6-16(22)23(17)28-37(3,32)33/h4-8,11-12,28H,9-10,13H2,1-3H3,(H,29,30)(H,26,27,31). The van der Waals surface area contributed by atoms with Crippen LogP contribution in [-0.4, -0.2) is 54.8 Å². The lowest BCUT2D eigenvalue weighted by Gasteiger charge is -2.18. The first kappa shape index (κ1) is 26.7. The maximum Gasteiger partial charge on any atom is 0.313 e. The Hall–Kier alpha value is -3.35. The van der Waals surface area contributed by atoms with Crippen molar-refractivity contribution < 1.29 is 27.9 Å². The number of nitrogens with one attached hydrogen (secondary N) is 2. The Balaban J connectivity index is 1.75. The van der Waals surface area contributed by atoms with Crippen molar-refractivity contribution in [2.45, 2.75) is 13.8 Å². The predicted molar refractivity (Wildman–Crippen MR) is 150 cm³/mol. The van der Waals surface area contributed by atoms with Gasteiger partial charge in [0.05, 0.1) is 40.1 Å². The zero-order valence-electron chi connectivity index (χ0n) is 20.3. The number of carboxylic acids is 1. The van der Waals surface area contributed by atoms with Gasteiger partial charge in [-0.05, 0) is 43.2 Å². The highest BCUT2D eigenvalue weighted by Gasteiger charge is 2.22. The molecule has 3 aromatic carbocycles. The van der Waals surface area contributed by atoms with Crippen molar-refractivity contribution >= 4 is 76.8 Å². The van der Waals surface area contributed by atoms with Crippen molar-refractivity contribution in [3.8, 4) is 5.75 Å². The number of amides is 1. The zero-order valence-corrected chi connectivity index (χ0v) is 22.8. The number of aromatic nitrogens is 1. The van der Waals surface area contributed by atoms with Crippen molar-refractivity contribution in [2.75, 3.05) is 34.4 Å². The molecule has 0 saturated heterocycles. The normalized spacial score (nSPS) is 11.5. The summed E-state index contributed by atoms with van der Waals surface area (Å²) in [4.78, 5) is 28.7. The summed E-state index contributed by atoms with van der Waals surface area (Å²) in [6.45, 7) is 4.04. The first-order valence-corrected chi connectivity index (χ1v) is 15.0. The Labute approximate surface area is 222 Å². The van der Waals surface area contributed by atoms with Crippen molar-refractivity contribution in [1.82, 2.24) is 4.98 Å². The van der Waals surface area contributed by atoms with Crippen LogP contribution in [0.15, 0.2) is 42.5 Å². The quantitative estimate of drug-likeness (QED) is 0.234. The van der Waals surface area contributed by atoms with Gasteiger partial charge in [0, 0.05) is 16.5 Å². The van der Waals surface area contributed by atoms with Gasteiger partial charge in [-0.25, -0.2) is 13.4 Å². The number of ether oxygens (including phenoxy) is 1. The number of carbonyl (C=O) groups is 2. The molecule has 1 aromatic heterocycles. The van der Waals surface area contributed by atoms with Crippen molar-refractivity contribution in [3.05, 3.63) is 59.2 Å². The number of benzene rings is 3. The minimum atomic E-state index is -3.72. The first-order chi connectivity index (χ1) is 17.5. The number of thioether (sulfide) groups is 1. The molecule has 0 unspecified atom stereocenters. The average molecular weight is 560 g/mol. The van der Waals surface area contributed by atoms with Gasteiger partial charge in [-0.15, -0.1) is 11.8 Å². The number of nitrogens with zero attached hydrogens (tertiary/aromatic N) is 1. The van der Waals surface area contributed by atoms with E-state index in [2.05, 4.69) is 15.0 Å². The molecular formula is C25H25N3O6S3. The summed E-state index contributed by atoms with van der Waals surface area (Å²) < 4.78 is 33.9. The maximum absolute atomic E-state index is 13.5. The summed E-state index contributed by atoms with van der Waals surface area (Å²) in [6.07, 6.45) is 1.02. The van der Waals surface area contributed by atoms with E-state index in [-0.39, 0.29) is 23.6 Å². The number of anilines is 2. The molecule has 12 heteroatoms. The highest BCUT2D eigenvalue weighted by atomic mass is 32.2. The Kier molecular flexibility index (Phi) is 7.90. The van der Waals surface area contributed by atoms with Crippen LogP contribution in [0.25, 0.3) is 21.0 Å². The second-order valence-electron chi connectivity index (χ2n) is 8.41. The minimum Gasteiger partial charge on any atom is -0.492 e. The molecule has 0 fully saturated rings. The largest absolute Gasteiger partial charge is 0.492 e. The Morgan fingerprint density at radius 3 is 2.68 bits per heavy atom. The summed E-state index contributed by atoms with van der Waals surface area (Å²) in [5.41, 5.74) is 2.87. The molecule has 0 aliphatic rings. The maximum atomic E-state index is 13.5. The summed E-state index contributed by atoms with van der Waals surface area (Å²) in [5.74, 6) is -0.680. The molecule has 0 spiro atoms. The number of hydrogen-bond donors (Lipinski definition) is 3. The van der Waals surface area contributed by atoms with Crippen LogP contribution in [0.5, 0.6) is 5.75 Å². The van der Waals surface area contributed by atoms with Gasteiger partial charge in [-0.1, -0.05) is 35.6 Å². The third kappa shape index (κ3) is 6.51. The van der Waals surface area contributed by atoms with Crippen molar-refractivity contribution in [2.24, 2.45) is 0 Å². The molecule has 0 aliphatic heterocycles. The molecule has 37 heavy (non-hydrogen) atoms. The van der Waals surface area contributed by atoms with Crippen LogP contribution >= 0.6 is 23.1 Å². The molecule has 1 heterocycles. The number of hydrogen-bond acceptors (Lipinski definition) is 8. The molecule has 0 aliphatic carbocycles. The Morgan fingerprint density at radius 1 is 1.16 bits per heavy atom. The molecule has 0 bridgehead atoms. The molecule has 4 aromatic rings. The van der Waals surface area contributed by atoms with E-state index in [1.807, 2.05) is 38.1 Å². The van der Waals surface area contributed by atoms with Crippen LogP contribution in [-0.2, 0) is 14.8 Å². The third-order valence-electron chi connectivity index (χ3n) is 5.34. The van der Waals surface area contributed by atoms with Crippen LogP contribution in [0.2, 0.25) is 0 Å². The lowest BCUT2D eigenvalue weighted by atomic mass is 9.99. The van der Waals surface area contributed by atoms with E-state index in [0.717, 1.165) is 27.6 Å². The average Bonchev–Trinajstić information content (AvgIpc) is 3.20. The lowest BCUT2D eigenvalue weighted by Crippen LogP contribution is -2.18. The summed E-state index contributed by atoms with van der Waals surface area (Å²) in [7, 11) is -3.72.